The Labute approximate surface area is 123 Å². The van der Waals surface area contributed by atoms with E-state index in [1.807, 2.05) is 0 Å². The van der Waals surface area contributed by atoms with Crippen LogP contribution in [0, 0.1) is 0 Å². The maximum atomic E-state index is 2.46. The van der Waals surface area contributed by atoms with Crippen LogP contribution in [0.4, 0.5) is 0 Å². The van der Waals surface area contributed by atoms with E-state index in [2.05, 4.69) is 31.2 Å². The normalized spacial score (nSPS) is 13.7. The summed E-state index contributed by atoms with van der Waals surface area (Å²) in [5.74, 6) is 0. The molecule has 2 aromatic rings. The molecule has 0 N–H and O–H groups in total. The summed E-state index contributed by atoms with van der Waals surface area (Å²) in [6.07, 6.45) is 7.79. The minimum Gasteiger partial charge on any atom is -0.168 e. The second-order valence-electron chi connectivity index (χ2n) is 5.02. The Balaban J connectivity index is 0.00000108. The van der Waals surface area contributed by atoms with Gasteiger partial charge in [0.1, 0.15) is 0 Å². The Kier molecular flexibility index (Phi) is 4.30. The predicted octanol–water partition coefficient (Wildman–Crippen LogP) is 4.39. The average molecular weight is 390 g/mol. The predicted molar refractivity (Wildman–Crippen MR) is 70.2 cm³/mol. The van der Waals surface area contributed by atoms with Crippen LogP contribution < -0.4 is 0 Å². The molecule has 1 aliphatic carbocycles. The molecule has 2 aromatic carbocycles. The Morgan fingerprint density at radius 1 is 1.18 bits per heavy atom. The fraction of sp³-hybridized carbons (Fsp3) is 0.438. The van der Waals surface area contributed by atoms with Crippen LogP contribution in [0.5, 0.6) is 0 Å². The van der Waals surface area contributed by atoms with Gasteiger partial charge < -0.3 is 0 Å². The van der Waals surface area contributed by atoms with Gasteiger partial charge in [-0.2, -0.15) is 6.07 Å². The molecule has 0 bridgehead atoms. The number of rotatable bonds is 3. The molecule has 0 unspecified atom stereocenters. The zero-order valence-electron chi connectivity index (χ0n) is 10.6. The number of benzene rings is 1. The van der Waals surface area contributed by atoms with Crippen LogP contribution in [0.3, 0.4) is 0 Å². The topological polar surface area (TPSA) is 0 Å². The molecule has 0 aliphatic heterocycles. The third kappa shape index (κ3) is 2.45. The minimum atomic E-state index is 0. The monoisotopic (exact) mass is 391 g/mol. The molecule has 0 aromatic heterocycles. The summed E-state index contributed by atoms with van der Waals surface area (Å²) in [5, 5.41) is 2.99. The average Bonchev–Trinajstić information content (AvgIpc) is 2.89. The van der Waals surface area contributed by atoms with E-state index < -0.39 is 0 Å². The zero-order valence-corrected chi connectivity index (χ0v) is 14.1. The third-order valence-corrected chi connectivity index (χ3v) is 3.87. The molecule has 0 atom stereocenters. The van der Waals surface area contributed by atoms with Crippen molar-refractivity contribution in [3.63, 3.8) is 0 Å². The largest absolute Gasteiger partial charge is 0.168 e. The minimum absolute atomic E-state index is 0. The van der Waals surface area contributed by atoms with Gasteiger partial charge in [0.05, 0.1) is 0 Å². The molecule has 0 nitrogen and oxygen atoms in total. The van der Waals surface area contributed by atoms with Crippen molar-refractivity contribution in [3.8, 4) is 0 Å². The zero-order chi connectivity index (χ0) is 11.0. The number of aryl methyl sites for hydroxylation is 3. The molecule has 0 spiro atoms. The summed E-state index contributed by atoms with van der Waals surface area (Å²) in [5.41, 5.74) is 4.77. The summed E-state index contributed by atoms with van der Waals surface area (Å²) in [7, 11) is 0. The summed E-state index contributed by atoms with van der Waals surface area (Å²) >= 11 is 0. The van der Waals surface area contributed by atoms with Crippen molar-refractivity contribution in [1.82, 2.24) is 0 Å². The van der Waals surface area contributed by atoms with Crippen molar-refractivity contribution in [3.05, 3.63) is 41.0 Å². The Bertz CT molecular complexity index is 507. The molecule has 1 heteroatoms. The van der Waals surface area contributed by atoms with E-state index >= 15 is 0 Å². The number of hydrogen-bond donors (Lipinski definition) is 0. The summed E-state index contributed by atoms with van der Waals surface area (Å²) in [4.78, 5) is 0. The van der Waals surface area contributed by atoms with Gasteiger partial charge in [0, 0.05) is 25.8 Å². The van der Waals surface area contributed by atoms with Gasteiger partial charge in [-0.1, -0.05) is 37.3 Å². The van der Waals surface area contributed by atoms with Crippen LogP contribution >= 0.6 is 0 Å². The fourth-order valence-corrected chi connectivity index (χ4v) is 2.92. The van der Waals surface area contributed by atoms with Gasteiger partial charge in [0.15, 0.2) is 0 Å². The third-order valence-electron chi connectivity index (χ3n) is 3.87. The van der Waals surface area contributed by atoms with Gasteiger partial charge in [-0.15, -0.1) is 34.5 Å². The van der Waals surface area contributed by atoms with Crippen LogP contribution in [-0.4, -0.2) is 0 Å². The Morgan fingerprint density at radius 3 is 2.71 bits per heavy atom. The van der Waals surface area contributed by atoms with E-state index in [4.69, 9.17) is 0 Å². The SMILES string of the molecule is CCCC[c-]1ccc2cc3c(cc21)CCC3.[Hf]. The molecular formula is C16H19Hf-. The molecule has 88 valence electrons. The van der Waals surface area contributed by atoms with E-state index in [0.717, 1.165) is 0 Å². The molecule has 1 aliphatic rings. The van der Waals surface area contributed by atoms with Crippen molar-refractivity contribution in [2.75, 3.05) is 0 Å². The summed E-state index contributed by atoms with van der Waals surface area (Å²) < 4.78 is 0. The van der Waals surface area contributed by atoms with E-state index in [1.165, 1.54) is 49.3 Å². The van der Waals surface area contributed by atoms with E-state index in [1.54, 1.807) is 16.7 Å². The first kappa shape index (κ1) is 13.1. The first-order valence-electron chi connectivity index (χ1n) is 6.58. The summed E-state index contributed by atoms with van der Waals surface area (Å²) in [6, 6.07) is 9.52. The van der Waals surface area contributed by atoms with Crippen LogP contribution in [-0.2, 0) is 45.1 Å². The van der Waals surface area contributed by atoms with Crippen molar-refractivity contribution < 1.29 is 25.8 Å². The van der Waals surface area contributed by atoms with E-state index in [-0.39, 0.29) is 25.8 Å². The molecule has 0 heterocycles. The Hall–Kier alpha value is -0.300. The molecular weight excluding hydrogens is 371 g/mol. The molecule has 3 rings (SSSR count). The second kappa shape index (κ2) is 5.56. The van der Waals surface area contributed by atoms with Crippen molar-refractivity contribution in [1.29, 1.82) is 0 Å². The van der Waals surface area contributed by atoms with E-state index in [0.29, 0.717) is 0 Å². The maximum Gasteiger partial charge on any atom is 0 e. The van der Waals surface area contributed by atoms with Crippen LogP contribution in [0.25, 0.3) is 10.8 Å². The van der Waals surface area contributed by atoms with Crippen molar-refractivity contribution in [2.24, 2.45) is 0 Å². The maximum absolute atomic E-state index is 2.46. The molecule has 0 amide bonds. The number of unbranched alkanes of at least 4 members (excludes halogenated alkanes) is 1. The summed E-state index contributed by atoms with van der Waals surface area (Å²) in [6.45, 7) is 2.27. The Morgan fingerprint density at radius 2 is 1.94 bits per heavy atom. The van der Waals surface area contributed by atoms with Crippen LogP contribution in [0.2, 0.25) is 0 Å². The first-order chi connectivity index (χ1) is 7.88. The van der Waals surface area contributed by atoms with E-state index in [9.17, 15) is 0 Å². The van der Waals surface area contributed by atoms with Gasteiger partial charge in [0.2, 0.25) is 0 Å². The molecule has 0 radical (unpaired) electrons. The van der Waals surface area contributed by atoms with Gasteiger partial charge >= 0.3 is 0 Å². The molecule has 0 saturated heterocycles. The van der Waals surface area contributed by atoms with Gasteiger partial charge in [-0.3, -0.25) is 0 Å². The number of hydrogen-bond acceptors (Lipinski definition) is 0. The second-order valence-corrected chi connectivity index (χ2v) is 5.02. The van der Waals surface area contributed by atoms with Crippen molar-refractivity contribution >= 4 is 10.8 Å². The molecule has 0 saturated carbocycles. The van der Waals surface area contributed by atoms with Gasteiger partial charge in [-0.05, 0) is 19.3 Å². The van der Waals surface area contributed by atoms with Crippen LogP contribution in [0.1, 0.15) is 42.9 Å². The van der Waals surface area contributed by atoms with Gasteiger partial charge in [-0.25, -0.2) is 0 Å². The van der Waals surface area contributed by atoms with Gasteiger partial charge in [0.25, 0.3) is 0 Å². The molecule has 17 heavy (non-hydrogen) atoms. The first-order valence-corrected chi connectivity index (χ1v) is 6.58. The van der Waals surface area contributed by atoms with Crippen molar-refractivity contribution in [2.45, 2.75) is 45.4 Å². The quantitative estimate of drug-likeness (QED) is 0.539. The standard InChI is InChI=1S/C16H19.Hf/c1-2-3-5-12-8-9-15-10-13-6-4-7-14(13)11-16(12)15;/h8-11H,2-7H2,1H3;/q-1;. The number of fused-ring (bicyclic) bond motifs is 2. The fourth-order valence-electron chi connectivity index (χ4n) is 2.92. The van der Waals surface area contributed by atoms with Crippen LogP contribution in [0.15, 0.2) is 24.3 Å². The smallest absolute Gasteiger partial charge is 0 e. The molecule has 0 fully saturated rings.